The molecule has 0 unspecified atom stereocenters. The van der Waals surface area contributed by atoms with E-state index in [1.165, 1.54) is 29.1 Å². The predicted octanol–water partition coefficient (Wildman–Crippen LogP) is 5.00. The third-order valence-electron chi connectivity index (χ3n) is 5.45. The number of hydrogen-bond donors (Lipinski definition) is 1. The number of anilines is 1. The molecule has 0 spiro atoms. The molecule has 6 heteroatoms. The molecule has 2 aliphatic rings. The first-order valence-electron chi connectivity index (χ1n) is 9.90. The number of carbonyl (C=O) groups excluding carboxylic acids is 2. The second kappa shape index (κ2) is 8.41. The summed E-state index contributed by atoms with van der Waals surface area (Å²) in [6.07, 6.45) is 7.16. The summed E-state index contributed by atoms with van der Waals surface area (Å²) in [4.78, 5) is 28.3. The molecule has 2 amide bonds. The van der Waals surface area contributed by atoms with E-state index in [4.69, 9.17) is 0 Å². The lowest BCUT2D eigenvalue weighted by Gasteiger charge is -2.28. The lowest BCUT2D eigenvalue weighted by atomic mass is 9.95. The molecule has 1 saturated carbocycles. The smallest absolute Gasteiger partial charge is 0.264 e. The molecule has 0 atom stereocenters. The maximum Gasteiger partial charge on any atom is 0.264 e. The average Bonchev–Trinajstić information content (AvgIpc) is 2.74. The third kappa shape index (κ3) is 4.22. The Kier molecular flexibility index (Phi) is 5.72. The zero-order valence-corrected chi connectivity index (χ0v) is 17.1. The molecule has 0 aromatic heterocycles. The Labute approximate surface area is 174 Å². The van der Waals surface area contributed by atoms with E-state index in [0.29, 0.717) is 21.7 Å². The highest BCUT2D eigenvalue weighted by atomic mass is 32.2. The molecule has 1 N–H and O–H groups in total. The number of benzene rings is 2. The standard InChI is InChI=1S/C23H23FN2O2S/c1-26-19-13-16(22(27)25-17-8-3-2-4-9-17)11-12-20(19)29-21(23(26)28)14-15-7-5-6-10-18(15)24/h5-7,10-14,17H,2-4,8-9H2,1H3,(H,25,27). The molecule has 4 nitrogen and oxygen atoms in total. The molecule has 1 fully saturated rings. The first kappa shape index (κ1) is 19.7. The Morgan fingerprint density at radius 3 is 2.69 bits per heavy atom. The van der Waals surface area contributed by atoms with Crippen LogP contribution in [0.4, 0.5) is 10.1 Å². The van der Waals surface area contributed by atoms with E-state index in [1.807, 2.05) is 6.07 Å². The summed E-state index contributed by atoms with van der Waals surface area (Å²) >= 11 is 1.30. The van der Waals surface area contributed by atoms with Gasteiger partial charge in [-0.2, -0.15) is 0 Å². The van der Waals surface area contributed by atoms with Crippen LogP contribution in [0.3, 0.4) is 0 Å². The van der Waals surface area contributed by atoms with E-state index >= 15 is 0 Å². The van der Waals surface area contributed by atoms with Crippen LogP contribution in [-0.4, -0.2) is 24.9 Å². The molecule has 0 radical (unpaired) electrons. The van der Waals surface area contributed by atoms with Crippen molar-refractivity contribution in [1.29, 1.82) is 0 Å². The molecule has 0 bridgehead atoms. The highest BCUT2D eigenvalue weighted by Crippen LogP contribution is 2.42. The average molecular weight is 411 g/mol. The quantitative estimate of drug-likeness (QED) is 0.725. The van der Waals surface area contributed by atoms with Gasteiger partial charge in [-0.05, 0) is 43.2 Å². The number of carbonyl (C=O) groups is 2. The van der Waals surface area contributed by atoms with Crippen LogP contribution >= 0.6 is 11.8 Å². The molecule has 2 aromatic rings. The third-order valence-corrected chi connectivity index (χ3v) is 6.53. The van der Waals surface area contributed by atoms with Gasteiger partial charge in [-0.15, -0.1) is 0 Å². The molecule has 1 aliphatic heterocycles. The Bertz CT molecular complexity index is 983. The first-order chi connectivity index (χ1) is 14.0. The molecule has 1 heterocycles. The predicted molar refractivity (Wildman–Crippen MR) is 114 cm³/mol. The second-order valence-electron chi connectivity index (χ2n) is 7.49. The highest BCUT2D eigenvalue weighted by molar-refractivity contribution is 8.04. The van der Waals surface area contributed by atoms with Gasteiger partial charge in [0.15, 0.2) is 0 Å². The van der Waals surface area contributed by atoms with Gasteiger partial charge in [-0.1, -0.05) is 49.2 Å². The van der Waals surface area contributed by atoms with Gasteiger partial charge >= 0.3 is 0 Å². The zero-order chi connectivity index (χ0) is 20.4. The number of fused-ring (bicyclic) bond motifs is 1. The fourth-order valence-electron chi connectivity index (χ4n) is 3.78. The molecule has 1 aliphatic carbocycles. The molecule has 29 heavy (non-hydrogen) atoms. The summed E-state index contributed by atoms with van der Waals surface area (Å²) in [6, 6.07) is 12.0. The van der Waals surface area contributed by atoms with E-state index in [2.05, 4.69) is 5.32 Å². The zero-order valence-electron chi connectivity index (χ0n) is 16.3. The molecule has 2 aromatic carbocycles. The van der Waals surface area contributed by atoms with E-state index in [1.54, 1.807) is 43.5 Å². The van der Waals surface area contributed by atoms with Crippen molar-refractivity contribution in [3.05, 3.63) is 64.3 Å². The fraction of sp³-hybridized carbons (Fsp3) is 0.304. The minimum absolute atomic E-state index is 0.0988. The monoisotopic (exact) mass is 410 g/mol. The largest absolute Gasteiger partial charge is 0.349 e. The Morgan fingerprint density at radius 2 is 1.93 bits per heavy atom. The van der Waals surface area contributed by atoms with Gasteiger partial charge in [0.25, 0.3) is 11.8 Å². The number of likely N-dealkylation sites (N-methyl/N-ethyl adjacent to an activating group) is 1. The Balaban J connectivity index is 1.57. The van der Waals surface area contributed by atoms with Crippen molar-refractivity contribution in [2.24, 2.45) is 0 Å². The van der Waals surface area contributed by atoms with Crippen molar-refractivity contribution >= 4 is 35.3 Å². The number of thioether (sulfide) groups is 1. The SMILES string of the molecule is CN1C(=O)C(=Cc2ccccc2F)Sc2ccc(C(=O)NC3CCCCC3)cc21. The van der Waals surface area contributed by atoms with Gasteiger partial charge in [0.2, 0.25) is 0 Å². The maximum absolute atomic E-state index is 14.0. The molecule has 4 rings (SSSR count). The minimum atomic E-state index is -0.364. The summed E-state index contributed by atoms with van der Waals surface area (Å²) in [5.74, 6) is -0.676. The van der Waals surface area contributed by atoms with E-state index in [0.717, 1.165) is 30.6 Å². The van der Waals surface area contributed by atoms with Gasteiger partial charge in [0.05, 0.1) is 10.6 Å². The van der Waals surface area contributed by atoms with E-state index < -0.39 is 0 Å². The van der Waals surface area contributed by atoms with Gasteiger partial charge in [-0.3, -0.25) is 9.59 Å². The Hall–Kier alpha value is -2.60. The van der Waals surface area contributed by atoms with Gasteiger partial charge in [0.1, 0.15) is 5.82 Å². The topological polar surface area (TPSA) is 49.4 Å². The van der Waals surface area contributed by atoms with Crippen molar-refractivity contribution in [3.8, 4) is 0 Å². The van der Waals surface area contributed by atoms with Crippen LogP contribution in [0.2, 0.25) is 0 Å². The lowest BCUT2D eigenvalue weighted by molar-refractivity contribution is -0.114. The van der Waals surface area contributed by atoms with Crippen molar-refractivity contribution in [1.82, 2.24) is 5.32 Å². The molecule has 150 valence electrons. The van der Waals surface area contributed by atoms with Crippen molar-refractivity contribution in [3.63, 3.8) is 0 Å². The highest BCUT2D eigenvalue weighted by Gasteiger charge is 2.28. The minimum Gasteiger partial charge on any atom is -0.349 e. The summed E-state index contributed by atoms with van der Waals surface area (Å²) in [7, 11) is 1.68. The van der Waals surface area contributed by atoms with Crippen LogP contribution in [0.15, 0.2) is 52.3 Å². The summed E-state index contributed by atoms with van der Waals surface area (Å²) in [5, 5.41) is 3.11. The molecular weight excluding hydrogens is 387 g/mol. The van der Waals surface area contributed by atoms with E-state index in [-0.39, 0.29) is 23.7 Å². The fourth-order valence-corrected chi connectivity index (χ4v) is 4.87. The van der Waals surface area contributed by atoms with Crippen LogP contribution in [-0.2, 0) is 4.79 Å². The van der Waals surface area contributed by atoms with Crippen molar-refractivity contribution in [2.45, 2.75) is 43.0 Å². The first-order valence-corrected chi connectivity index (χ1v) is 10.7. The normalized spacial score (nSPS) is 18.6. The van der Waals surface area contributed by atoms with Gasteiger partial charge in [0, 0.05) is 29.1 Å². The number of rotatable bonds is 3. The van der Waals surface area contributed by atoms with Gasteiger partial charge < -0.3 is 10.2 Å². The summed E-state index contributed by atoms with van der Waals surface area (Å²) in [6.45, 7) is 0. The summed E-state index contributed by atoms with van der Waals surface area (Å²) < 4.78 is 14.0. The van der Waals surface area contributed by atoms with Crippen LogP contribution < -0.4 is 10.2 Å². The number of amides is 2. The molecular formula is C23H23FN2O2S. The summed E-state index contributed by atoms with van der Waals surface area (Å²) in [5.41, 5.74) is 1.63. The van der Waals surface area contributed by atoms with Crippen LogP contribution in [0.5, 0.6) is 0 Å². The number of nitrogens with zero attached hydrogens (tertiary/aromatic N) is 1. The number of hydrogen-bond acceptors (Lipinski definition) is 3. The molecule has 0 saturated heterocycles. The number of nitrogens with one attached hydrogen (secondary N) is 1. The second-order valence-corrected chi connectivity index (χ2v) is 8.57. The van der Waals surface area contributed by atoms with Crippen molar-refractivity contribution < 1.29 is 14.0 Å². The van der Waals surface area contributed by atoms with Crippen LogP contribution in [0.1, 0.15) is 48.0 Å². The Morgan fingerprint density at radius 1 is 1.17 bits per heavy atom. The maximum atomic E-state index is 14.0. The van der Waals surface area contributed by atoms with Crippen LogP contribution in [0, 0.1) is 5.82 Å². The number of halogens is 1. The van der Waals surface area contributed by atoms with E-state index in [9.17, 15) is 14.0 Å². The van der Waals surface area contributed by atoms with Gasteiger partial charge in [-0.25, -0.2) is 4.39 Å². The van der Waals surface area contributed by atoms with Crippen LogP contribution in [0.25, 0.3) is 6.08 Å². The lowest BCUT2D eigenvalue weighted by Crippen LogP contribution is -2.36. The van der Waals surface area contributed by atoms with Crippen molar-refractivity contribution in [2.75, 3.05) is 11.9 Å².